The first kappa shape index (κ1) is 27.5. The molecule has 0 aliphatic heterocycles. The van der Waals surface area contributed by atoms with E-state index in [9.17, 15) is 27.9 Å². The van der Waals surface area contributed by atoms with Gasteiger partial charge in [-0.2, -0.15) is 13.2 Å². The lowest BCUT2D eigenvalue weighted by Crippen LogP contribution is -2.26. The van der Waals surface area contributed by atoms with Crippen molar-refractivity contribution < 1.29 is 37.8 Å². The molecule has 0 aromatic heterocycles. The van der Waals surface area contributed by atoms with Gasteiger partial charge in [-0.15, -0.1) is 0 Å². The molecular weight excluding hydrogens is 441 g/mol. The number of hydrogen-bond acceptors (Lipinski definition) is 4. The van der Waals surface area contributed by atoms with Gasteiger partial charge in [0.2, 0.25) is 0 Å². The summed E-state index contributed by atoms with van der Waals surface area (Å²) in [5.41, 5.74) is 3.06. The fraction of sp³-hybridized carbons (Fsp3) is 0.348. The summed E-state index contributed by atoms with van der Waals surface area (Å²) >= 11 is 0. The van der Waals surface area contributed by atoms with Crippen LogP contribution in [0.2, 0.25) is 0 Å². The molecule has 10 heteroatoms. The maximum absolute atomic E-state index is 12.6. The van der Waals surface area contributed by atoms with Gasteiger partial charge in [0.25, 0.3) is 5.91 Å². The van der Waals surface area contributed by atoms with E-state index in [0.717, 1.165) is 37.2 Å². The minimum Gasteiger partial charge on any atom is -0.478 e. The molecule has 0 unspecified atom stereocenters. The zero-order chi connectivity index (χ0) is 25.2. The van der Waals surface area contributed by atoms with Crippen molar-refractivity contribution in [2.75, 3.05) is 23.3 Å². The molecule has 0 saturated heterocycles. The zero-order valence-electron chi connectivity index (χ0n) is 18.6. The molecule has 0 radical (unpaired) electrons. The number of carbonyl (C=O) groups is 3. The lowest BCUT2D eigenvalue weighted by atomic mass is 10.1. The van der Waals surface area contributed by atoms with Crippen LogP contribution in [0.25, 0.3) is 0 Å². The molecule has 180 valence electrons. The average molecular weight is 468 g/mol. The van der Waals surface area contributed by atoms with Gasteiger partial charge in [0.1, 0.15) is 0 Å². The van der Waals surface area contributed by atoms with Crippen LogP contribution in [0.5, 0.6) is 0 Å². The van der Waals surface area contributed by atoms with Gasteiger partial charge in [-0.3, -0.25) is 4.79 Å². The minimum absolute atomic E-state index is 0.153. The van der Waals surface area contributed by atoms with Crippen molar-refractivity contribution in [2.45, 2.75) is 39.8 Å². The number of rotatable bonds is 8. The Morgan fingerprint density at radius 3 is 2.12 bits per heavy atom. The number of aromatic carboxylic acids is 1. The second-order valence-electron chi connectivity index (χ2n) is 7.10. The summed E-state index contributed by atoms with van der Waals surface area (Å²) < 4.78 is 31.7. The van der Waals surface area contributed by atoms with Crippen LogP contribution in [-0.2, 0) is 4.79 Å². The summed E-state index contributed by atoms with van der Waals surface area (Å²) in [7, 11) is 0. The van der Waals surface area contributed by atoms with Crippen molar-refractivity contribution in [1.29, 1.82) is 0 Å². The normalized spacial score (nSPS) is 10.6. The van der Waals surface area contributed by atoms with Gasteiger partial charge in [0.05, 0.1) is 16.9 Å². The van der Waals surface area contributed by atoms with Crippen LogP contribution >= 0.6 is 0 Å². The number of carboxylic acid groups (broad SMARTS) is 2. The Morgan fingerprint density at radius 2 is 1.64 bits per heavy atom. The molecule has 33 heavy (non-hydrogen) atoms. The summed E-state index contributed by atoms with van der Waals surface area (Å²) in [5, 5.41) is 19.3. The van der Waals surface area contributed by atoms with E-state index in [2.05, 4.69) is 17.1 Å². The fourth-order valence-electron chi connectivity index (χ4n) is 2.82. The standard InChI is InChI=1S/C21H26N2O3.C2HF3O2/c1-4-6-12-23(5-2)19-11-10-17(21(25)26)14-18(19)22-20(24)16-9-7-8-15(3)13-16;3-2(4,5)1(6)7/h7-11,13-14H,4-6,12H2,1-3H3,(H,22,24)(H,25,26);(H,6,7). The van der Waals surface area contributed by atoms with Gasteiger partial charge in [-0.05, 0) is 50.6 Å². The molecule has 0 saturated carbocycles. The van der Waals surface area contributed by atoms with Gasteiger partial charge in [0.15, 0.2) is 0 Å². The molecule has 2 aromatic carbocycles. The van der Waals surface area contributed by atoms with Crippen molar-refractivity contribution in [2.24, 2.45) is 0 Å². The van der Waals surface area contributed by atoms with E-state index < -0.39 is 18.1 Å². The van der Waals surface area contributed by atoms with Crippen LogP contribution in [-0.4, -0.2) is 47.3 Å². The number of nitrogens with zero attached hydrogens (tertiary/aromatic N) is 1. The van der Waals surface area contributed by atoms with E-state index in [4.69, 9.17) is 9.90 Å². The van der Waals surface area contributed by atoms with Crippen molar-refractivity contribution in [3.8, 4) is 0 Å². The number of benzene rings is 2. The van der Waals surface area contributed by atoms with Crippen LogP contribution in [0.3, 0.4) is 0 Å². The third-order valence-corrected chi connectivity index (χ3v) is 4.52. The van der Waals surface area contributed by atoms with Crippen LogP contribution in [0.15, 0.2) is 42.5 Å². The Kier molecular flexibility index (Phi) is 10.4. The highest BCUT2D eigenvalue weighted by Crippen LogP contribution is 2.28. The predicted octanol–water partition coefficient (Wildman–Crippen LogP) is 5.21. The molecular formula is C23H27F3N2O5. The Hall–Kier alpha value is -3.56. The van der Waals surface area contributed by atoms with Gasteiger partial charge in [0, 0.05) is 18.7 Å². The number of alkyl halides is 3. The second kappa shape index (κ2) is 12.5. The van der Waals surface area contributed by atoms with Crippen molar-refractivity contribution in [3.63, 3.8) is 0 Å². The summed E-state index contributed by atoms with van der Waals surface area (Å²) in [6, 6.07) is 12.2. The fourth-order valence-corrected chi connectivity index (χ4v) is 2.82. The number of amides is 1. The maximum Gasteiger partial charge on any atom is 0.490 e. The van der Waals surface area contributed by atoms with E-state index in [1.165, 1.54) is 6.07 Å². The number of anilines is 2. The maximum atomic E-state index is 12.6. The molecule has 0 heterocycles. The van der Waals surface area contributed by atoms with Gasteiger partial charge >= 0.3 is 18.1 Å². The molecule has 2 aromatic rings. The highest BCUT2D eigenvalue weighted by atomic mass is 19.4. The monoisotopic (exact) mass is 468 g/mol. The number of nitrogens with one attached hydrogen (secondary N) is 1. The molecule has 0 bridgehead atoms. The quantitative estimate of drug-likeness (QED) is 0.491. The van der Waals surface area contributed by atoms with Gasteiger partial charge < -0.3 is 20.4 Å². The summed E-state index contributed by atoms with van der Waals surface area (Å²) in [5.74, 6) is -4.02. The number of hydrogen-bond donors (Lipinski definition) is 3. The zero-order valence-corrected chi connectivity index (χ0v) is 18.6. The highest BCUT2D eigenvalue weighted by molar-refractivity contribution is 6.06. The molecule has 2 rings (SSSR count). The molecule has 0 aliphatic carbocycles. The van der Waals surface area contributed by atoms with Crippen LogP contribution in [0, 0.1) is 6.92 Å². The average Bonchev–Trinajstić information content (AvgIpc) is 2.74. The third-order valence-electron chi connectivity index (χ3n) is 4.52. The molecule has 0 atom stereocenters. The number of carboxylic acids is 2. The van der Waals surface area contributed by atoms with Crippen LogP contribution < -0.4 is 10.2 Å². The second-order valence-corrected chi connectivity index (χ2v) is 7.10. The Balaban J connectivity index is 0.000000675. The molecule has 0 spiro atoms. The van der Waals surface area contributed by atoms with E-state index in [0.29, 0.717) is 11.3 Å². The molecule has 0 fully saturated rings. The predicted molar refractivity (Wildman–Crippen MR) is 119 cm³/mol. The van der Waals surface area contributed by atoms with Crippen molar-refractivity contribution in [3.05, 3.63) is 59.2 Å². The lowest BCUT2D eigenvalue weighted by Gasteiger charge is -2.26. The topological polar surface area (TPSA) is 107 Å². The molecule has 7 nitrogen and oxygen atoms in total. The first-order valence-electron chi connectivity index (χ1n) is 10.2. The van der Waals surface area contributed by atoms with Crippen molar-refractivity contribution >= 4 is 29.2 Å². The minimum atomic E-state index is -5.08. The van der Waals surface area contributed by atoms with E-state index in [1.807, 2.05) is 32.0 Å². The SMILES string of the molecule is CCCCN(CC)c1ccc(C(=O)O)cc1NC(=O)c1cccc(C)c1.O=C(O)C(F)(F)F. The number of aliphatic carboxylic acids is 1. The molecule has 1 amide bonds. The summed E-state index contributed by atoms with van der Waals surface area (Å²) in [6.45, 7) is 7.73. The Labute approximate surface area is 189 Å². The number of unbranched alkanes of at least 4 members (excludes halogenated alkanes) is 1. The van der Waals surface area contributed by atoms with E-state index in [-0.39, 0.29) is 11.5 Å². The largest absolute Gasteiger partial charge is 0.490 e. The van der Waals surface area contributed by atoms with Gasteiger partial charge in [-0.25, -0.2) is 9.59 Å². The number of aryl methyl sites for hydroxylation is 1. The third kappa shape index (κ3) is 8.83. The lowest BCUT2D eigenvalue weighted by molar-refractivity contribution is -0.192. The first-order chi connectivity index (χ1) is 15.4. The molecule has 0 aliphatic rings. The number of halogens is 3. The highest BCUT2D eigenvalue weighted by Gasteiger charge is 2.38. The smallest absolute Gasteiger partial charge is 0.478 e. The van der Waals surface area contributed by atoms with Gasteiger partial charge in [-0.1, -0.05) is 31.0 Å². The van der Waals surface area contributed by atoms with E-state index in [1.54, 1.807) is 18.2 Å². The number of carbonyl (C=O) groups excluding carboxylic acids is 1. The van der Waals surface area contributed by atoms with Crippen LogP contribution in [0.1, 0.15) is 53.0 Å². The van der Waals surface area contributed by atoms with Crippen molar-refractivity contribution in [1.82, 2.24) is 0 Å². The van der Waals surface area contributed by atoms with E-state index >= 15 is 0 Å². The first-order valence-corrected chi connectivity index (χ1v) is 10.2. The summed E-state index contributed by atoms with van der Waals surface area (Å²) in [4.78, 5) is 35.0. The molecule has 3 N–H and O–H groups in total. The van der Waals surface area contributed by atoms with Crippen LogP contribution in [0.4, 0.5) is 24.5 Å². The summed E-state index contributed by atoms with van der Waals surface area (Å²) in [6.07, 6.45) is -2.99. The Morgan fingerprint density at radius 1 is 1.00 bits per heavy atom. The Bertz CT molecular complexity index is 977.